The highest BCUT2D eigenvalue weighted by atomic mass is 15.1. The molecule has 2 heterocycles. The molecule has 0 bridgehead atoms. The van der Waals surface area contributed by atoms with E-state index in [1.807, 2.05) is 19.3 Å². The third-order valence-corrected chi connectivity index (χ3v) is 2.67. The van der Waals surface area contributed by atoms with Crippen molar-refractivity contribution < 1.29 is 0 Å². The van der Waals surface area contributed by atoms with Crippen molar-refractivity contribution in [3.63, 3.8) is 0 Å². The molecule has 86 valence electrons. The standard InChI is InChI=1S/C12H18N4/c1-10-8-15-12(16-9-10)14-7-4-11-2-5-13-6-3-11/h2,8-9,13H,3-7H2,1H3,(H,14,15,16). The fraction of sp³-hybridized carbons (Fsp3) is 0.500. The third-order valence-electron chi connectivity index (χ3n) is 2.67. The van der Waals surface area contributed by atoms with Gasteiger partial charge in [0.1, 0.15) is 0 Å². The number of hydrogen-bond donors (Lipinski definition) is 2. The zero-order valence-electron chi connectivity index (χ0n) is 9.66. The van der Waals surface area contributed by atoms with Crippen molar-refractivity contribution in [3.05, 3.63) is 29.6 Å². The van der Waals surface area contributed by atoms with Gasteiger partial charge < -0.3 is 10.6 Å². The van der Waals surface area contributed by atoms with E-state index in [2.05, 4.69) is 26.7 Å². The van der Waals surface area contributed by atoms with Crippen molar-refractivity contribution in [3.8, 4) is 0 Å². The number of rotatable bonds is 4. The summed E-state index contributed by atoms with van der Waals surface area (Å²) in [5.41, 5.74) is 2.62. The van der Waals surface area contributed by atoms with Crippen LogP contribution in [-0.4, -0.2) is 29.6 Å². The molecule has 0 fully saturated rings. The Balaban J connectivity index is 1.75. The molecule has 1 aromatic heterocycles. The van der Waals surface area contributed by atoms with Crippen molar-refractivity contribution in [1.82, 2.24) is 15.3 Å². The van der Waals surface area contributed by atoms with Crippen LogP contribution in [0.15, 0.2) is 24.0 Å². The van der Waals surface area contributed by atoms with Gasteiger partial charge in [0.15, 0.2) is 0 Å². The molecule has 0 atom stereocenters. The Morgan fingerprint density at radius 1 is 1.38 bits per heavy atom. The largest absolute Gasteiger partial charge is 0.354 e. The Labute approximate surface area is 96.2 Å². The zero-order chi connectivity index (χ0) is 11.2. The minimum absolute atomic E-state index is 0.722. The summed E-state index contributed by atoms with van der Waals surface area (Å²) in [4.78, 5) is 8.41. The average molecular weight is 218 g/mol. The highest BCUT2D eigenvalue weighted by molar-refractivity contribution is 5.24. The molecule has 0 unspecified atom stereocenters. The van der Waals surface area contributed by atoms with Crippen molar-refractivity contribution in [2.75, 3.05) is 25.0 Å². The zero-order valence-corrected chi connectivity index (χ0v) is 9.66. The van der Waals surface area contributed by atoms with Crippen LogP contribution in [0.4, 0.5) is 5.95 Å². The van der Waals surface area contributed by atoms with Crippen LogP contribution >= 0.6 is 0 Å². The van der Waals surface area contributed by atoms with Crippen molar-refractivity contribution in [1.29, 1.82) is 0 Å². The second-order valence-corrected chi connectivity index (χ2v) is 4.08. The second kappa shape index (κ2) is 5.61. The molecule has 2 rings (SSSR count). The fourth-order valence-corrected chi connectivity index (χ4v) is 1.72. The summed E-state index contributed by atoms with van der Waals surface area (Å²) in [5, 5.41) is 6.54. The molecule has 0 saturated carbocycles. The van der Waals surface area contributed by atoms with Crippen LogP contribution in [-0.2, 0) is 0 Å². The van der Waals surface area contributed by atoms with Crippen LogP contribution in [0.5, 0.6) is 0 Å². The molecule has 2 N–H and O–H groups in total. The lowest BCUT2D eigenvalue weighted by Crippen LogP contribution is -2.21. The van der Waals surface area contributed by atoms with Gasteiger partial charge in [0.25, 0.3) is 0 Å². The van der Waals surface area contributed by atoms with Crippen molar-refractivity contribution in [2.24, 2.45) is 0 Å². The minimum Gasteiger partial charge on any atom is -0.354 e. The van der Waals surface area contributed by atoms with Gasteiger partial charge in [-0.25, -0.2) is 9.97 Å². The maximum Gasteiger partial charge on any atom is 0.222 e. The molecule has 16 heavy (non-hydrogen) atoms. The lowest BCUT2D eigenvalue weighted by atomic mass is 10.1. The lowest BCUT2D eigenvalue weighted by molar-refractivity contribution is 0.683. The summed E-state index contributed by atoms with van der Waals surface area (Å²) in [6.07, 6.45) is 8.19. The number of hydrogen-bond acceptors (Lipinski definition) is 4. The van der Waals surface area contributed by atoms with Gasteiger partial charge in [0.05, 0.1) is 0 Å². The molecule has 1 aliphatic rings. The Kier molecular flexibility index (Phi) is 3.88. The summed E-state index contributed by atoms with van der Waals surface area (Å²) in [6, 6.07) is 0. The first kappa shape index (κ1) is 11.1. The maximum absolute atomic E-state index is 4.21. The van der Waals surface area contributed by atoms with E-state index in [0.717, 1.165) is 44.0 Å². The first-order valence-electron chi connectivity index (χ1n) is 5.76. The maximum atomic E-state index is 4.21. The molecular weight excluding hydrogens is 200 g/mol. The average Bonchev–Trinajstić information content (AvgIpc) is 2.33. The Morgan fingerprint density at radius 3 is 2.88 bits per heavy atom. The van der Waals surface area contributed by atoms with E-state index in [0.29, 0.717) is 0 Å². The predicted octanol–water partition coefficient (Wildman–Crippen LogP) is 1.51. The monoisotopic (exact) mass is 218 g/mol. The Morgan fingerprint density at radius 2 is 2.19 bits per heavy atom. The molecule has 1 aromatic rings. The van der Waals surface area contributed by atoms with Gasteiger partial charge in [-0.15, -0.1) is 0 Å². The topological polar surface area (TPSA) is 49.8 Å². The Hall–Kier alpha value is -1.42. The van der Waals surface area contributed by atoms with Crippen LogP contribution in [0.2, 0.25) is 0 Å². The van der Waals surface area contributed by atoms with Gasteiger partial charge in [-0.2, -0.15) is 0 Å². The summed E-state index contributed by atoms with van der Waals surface area (Å²) >= 11 is 0. The van der Waals surface area contributed by atoms with Crippen LogP contribution in [0, 0.1) is 6.92 Å². The van der Waals surface area contributed by atoms with Gasteiger partial charge in [-0.1, -0.05) is 11.6 Å². The molecular formula is C12H18N4. The van der Waals surface area contributed by atoms with Crippen molar-refractivity contribution in [2.45, 2.75) is 19.8 Å². The second-order valence-electron chi connectivity index (χ2n) is 4.08. The molecule has 4 heteroatoms. The van der Waals surface area contributed by atoms with Gasteiger partial charge >= 0.3 is 0 Å². The smallest absolute Gasteiger partial charge is 0.222 e. The summed E-state index contributed by atoms with van der Waals surface area (Å²) in [5.74, 6) is 0.722. The number of aromatic nitrogens is 2. The lowest BCUT2D eigenvalue weighted by Gasteiger charge is -2.14. The van der Waals surface area contributed by atoms with Gasteiger partial charge in [0.2, 0.25) is 5.95 Å². The molecule has 0 saturated heterocycles. The van der Waals surface area contributed by atoms with E-state index < -0.39 is 0 Å². The quantitative estimate of drug-likeness (QED) is 0.752. The Bertz CT molecular complexity index is 356. The van der Waals surface area contributed by atoms with E-state index in [9.17, 15) is 0 Å². The molecule has 0 spiro atoms. The number of nitrogens with zero attached hydrogens (tertiary/aromatic N) is 2. The third kappa shape index (κ3) is 3.31. The van der Waals surface area contributed by atoms with Crippen LogP contribution in [0.3, 0.4) is 0 Å². The normalized spacial score (nSPS) is 15.7. The van der Waals surface area contributed by atoms with Gasteiger partial charge in [-0.3, -0.25) is 0 Å². The first-order valence-corrected chi connectivity index (χ1v) is 5.76. The minimum atomic E-state index is 0.722. The molecule has 0 aromatic carbocycles. The molecule has 4 nitrogen and oxygen atoms in total. The SMILES string of the molecule is Cc1cnc(NCCC2=CCNCC2)nc1. The van der Waals surface area contributed by atoms with E-state index >= 15 is 0 Å². The summed E-state index contributed by atoms with van der Waals surface area (Å²) in [7, 11) is 0. The van der Waals surface area contributed by atoms with Gasteiger partial charge in [-0.05, 0) is 31.9 Å². The summed E-state index contributed by atoms with van der Waals surface area (Å²) in [6.45, 7) is 5.02. The number of anilines is 1. The van der Waals surface area contributed by atoms with Crippen LogP contribution in [0.25, 0.3) is 0 Å². The highest BCUT2D eigenvalue weighted by Gasteiger charge is 2.02. The number of nitrogens with one attached hydrogen (secondary N) is 2. The van der Waals surface area contributed by atoms with E-state index in [1.54, 1.807) is 0 Å². The van der Waals surface area contributed by atoms with Crippen molar-refractivity contribution >= 4 is 5.95 Å². The van der Waals surface area contributed by atoms with Gasteiger partial charge in [0, 0.05) is 25.5 Å². The molecule has 0 amide bonds. The van der Waals surface area contributed by atoms with E-state index in [1.165, 1.54) is 5.57 Å². The van der Waals surface area contributed by atoms with E-state index in [-0.39, 0.29) is 0 Å². The molecule has 0 radical (unpaired) electrons. The fourth-order valence-electron chi connectivity index (χ4n) is 1.72. The molecule has 0 aliphatic carbocycles. The molecule has 1 aliphatic heterocycles. The predicted molar refractivity (Wildman–Crippen MR) is 65.4 cm³/mol. The van der Waals surface area contributed by atoms with Crippen LogP contribution in [0.1, 0.15) is 18.4 Å². The van der Waals surface area contributed by atoms with E-state index in [4.69, 9.17) is 0 Å². The number of aryl methyl sites for hydroxylation is 1. The highest BCUT2D eigenvalue weighted by Crippen LogP contribution is 2.09. The first-order chi connectivity index (χ1) is 7.84. The summed E-state index contributed by atoms with van der Waals surface area (Å²) < 4.78 is 0. The van der Waals surface area contributed by atoms with Crippen LogP contribution < -0.4 is 10.6 Å².